The molecule has 47 heavy (non-hydrogen) atoms. The lowest BCUT2D eigenvalue weighted by molar-refractivity contribution is -0.938. The first-order valence-corrected chi connectivity index (χ1v) is 17.2. The summed E-state index contributed by atoms with van der Waals surface area (Å²) in [5.74, 6) is -0.227. The number of thiophene rings is 1. The second-order valence-corrected chi connectivity index (χ2v) is 13.7. The molecule has 0 fully saturated rings. The number of ether oxygens (including phenoxy) is 1. The number of quaternary nitrogens is 1. The first-order chi connectivity index (χ1) is 22.1. The molecular formula is C38H42BrClF2N2O2S. The van der Waals surface area contributed by atoms with Gasteiger partial charge in [-0.15, -0.1) is 11.3 Å². The Labute approximate surface area is 296 Å². The van der Waals surface area contributed by atoms with E-state index in [1.54, 1.807) is 12.1 Å². The van der Waals surface area contributed by atoms with E-state index in [9.17, 15) is 13.6 Å². The van der Waals surface area contributed by atoms with E-state index in [1.807, 2.05) is 17.0 Å². The normalized spacial score (nSPS) is 11.7. The fraction of sp³-hybridized carbons (Fsp3) is 0.342. The van der Waals surface area contributed by atoms with Crippen LogP contribution in [-0.4, -0.2) is 48.1 Å². The Morgan fingerprint density at radius 3 is 2.28 bits per heavy atom. The van der Waals surface area contributed by atoms with Crippen molar-refractivity contribution in [3.63, 3.8) is 0 Å². The molecule has 0 spiro atoms. The number of fused-ring (bicyclic) bond motifs is 2. The maximum absolute atomic E-state index is 14.2. The van der Waals surface area contributed by atoms with Crippen LogP contribution in [0.1, 0.15) is 58.6 Å². The summed E-state index contributed by atoms with van der Waals surface area (Å²) in [6, 6.07) is 26.1. The highest BCUT2D eigenvalue weighted by Crippen LogP contribution is 2.42. The van der Waals surface area contributed by atoms with Crippen LogP contribution in [0.5, 0.6) is 5.75 Å². The first-order valence-electron chi connectivity index (χ1n) is 16.0. The number of benzene rings is 4. The van der Waals surface area contributed by atoms with Crippen LogP contribution in [0, 0.1) is 13.8 Å². The zero-order valence-corrected chi connectivity index (χ0v) is 30.5. The van der Waals surface area contributed by atoms with Crippen molar-refractivity contribution in [2.24, 2.45) is 0 Å². The molecule has 0 unspecified atom stereocenters. The zero-order chi connectivity index (χ0) is 32.8. The van der Waals surface area contributed by atoms with Crippen molar-refractivity contribution in [2.45, 2.75) is 60.2 Å². The highest BCUT2D eigenvalue weighted by molar-refractivity contribution is 7.21. The molecular weight excluding hydrogens is 702 g/mol. The maximum atomic E-state index is 14.2. The van der Waals surface area contributed by atoms with Crippen molar-refractivity contribution in [1.29, 1.82) is 0 Å². The van der Waals surface area contributed by atoms with Gasteiger partial charge in [0, 0.05) is 23.4 Å². The molecule has 0 aliphatic rings. The largest absolute Gasteiger partial charge is 1.00 e. The van der Waals surface area contributed by atoms with E-state index in [4.69, 9.17) is 16.3 Å². The van der Waals surface area contributed by atoms with Gasteiger partial charge in [-0.2, -0.15) is 8.78 Å². The number of rotatable bonds is 14. The number of carbonyl (C=O) groups is 1. The third-order valence-electron chi connectivity index (χ3n) is 8.96. The van der Waals surface area contributed by atoms with Crippen molar-refractivity contribution in [3.8, 4) is 5.75 Å². The molecule has 5 aromatic rings. The number of unbranched alkanes of at least 4 members (excludes halogenated alkanes) is 1. The zero-order valence-electron chi connectivity index (χ0n) is 27.4. The van der Waals surface area contributed by atoms with Gasteiger partial charge in [0.1, 0.15) is 17.2 Å². The molecule has 0 saturated carbocycles. The maximum Gasteiger partial charge on any atom is 0.387 e. The number of alkyl halides is 2. The summed E-state index contributed by atoms with van der Waals surface area (Å²) in [5.41, 5.74) is 4.96. The van der Waals surface area contributed by atoms with E-state index in [0.717, 1.165) is 59.8 Å². The molecule has 4 nitrogen and oxygen atoms in total. The summed E-state index contributed by atoms with van der Waals surface area (Å²) < 4.78 is 32.7. The summed E-state index contributed by atoms with van der Waals surface area (Å²) in [6.45, 7) is 10.9. The fourth-order valence-corrected chi connectivity index (χ4v) is 8.03. The van der Waals surface area contributed by atoms with Gasteiger partial charge in [-0.25, -0.2) is 0 Å². The lowest BCUT2D eigenvalue weighted by Gasteiger charge is -2.37. The minimum atomic E-state index is -2.99. The van der Waals surface area contributed by atoms with Gasteiger partial charge in [0.15, 0.2) is 0 Å². The molecule has 250 valence electrons. The summed E-state index contributed by atoms with van der Waals surface area (Å²) in [6.07, 6.45) is 1.79. The number of hydrogen-bond acceptors (Lipinski definition) is 3. The molecule has 0 saturated heterocycles. The summed E-state index contributed by atoms with van der Waals surface area (Å²) in [5, 5.41) is 2.76. The Hall–Kier alpha value is -3.04. The van der Waals surface area contributed by atoms with E-state index in [1.165, 1.54) is 34.1 Å². The third-order valence-corrected chi connectivity index (χ3v) is 10.6. The van der Waals surface area contributed by atoms with Gasteiger partial charge in [0.2, 0.25) is 0 Å². The molecule has 1 heterocycles. The van der Waals surface area contributed by atoms with Crippen LogP contribution < -0.4 is 21.7 Å². The monoisotopic (exact) mass is 742 g/mol. The van der Waals surface area contributed by atoms with Gasteiger partial charge in [-0.3, -0.25) is 4.79 Å². The molecule has 0 N–H and O–H groups in total. The Bertz CT molecular complexity index is 1800. The molecule has 0 radical (unpaired) electrons. The lowest BCUT2D eigenvalue weighted by Crippen LogP contribution is -3.00. The molecule has 0 atom stereocenters. The highest BCUT2D eigenvalue weighted by atomic mass is 79.9. The average Bonchev–Trinajstić information content (AvgIpc) is 3.37. The standard InChI is InChI=1S/C38H42ClF2N2O2S.BrH/c1-5-43(6-2,25-29-21-26(3)20-27(4)22-29)19-10-9-18-42(24-28-16-17-30-12-7-8-13-31(30)23-28)37(44)36-35(39)34-32(45-38(40)41)14-11-15-33(34)46-36;/h7-8,11-17,20-23,38H,5-6,9-10,18-19,24-25H2,1-4H3;1H/q+1;/p-1. The van der Waals surface area contributed by atoms with Gasteiger partial charge in [-0.05, 0) is 75.1 Å². The fourth-order valence-electron chi connectivity index (χ4n) is 6.51. The number of nitrogens with zero attached hydrogens (tertiary/aromatic N) is 2. The number of halogens is 4. The molecule has 0 aliphatic carbocycles. The highest BCUT2D eigenvalue weighted by Gasteiger charge is 2.27. The number of hydrogen-bond donors (Lipinski definition) is 0. The summed E-state index contributed by atoms with van der Waals surface area (Å²) in [4.78, 5) is 16.4. The molecule has 0 bridgehead atoms. The van der Waals surface area contributed by atoms with Crippen LogP contribution in [0.3, 0.4) is 0 Å². The molecule has 1 amide bonds. The van der Waals surface area contributed by atoms with Crippen LogP contribution in [0.15, 0.2) is 78.9 Å². The summed E-state index contributed by atoms with van der Waals surface area (Å²) >= 11 is 7.98. The minimum absolute atomic E-state index is 0. The van der Waals surface area contributed by atoms with Gasteiger partial charge >= 0.3 is 6.61 Å². The first kappa shape index (κ1) is 36.8. The molecule has 5 rings (SSSR count). The van der Waals surface area contributed by atoms with E-state index in [0.29, 0.717) is 28.1 Å². The van der Waals surface area contributed by atoms with Gasteiger partial charge in [-0.1, -0.05) is 83.4 Å². The Morgan fingerprint density at radius 2 is 1.60 bits per heavy atom. The van der Waals surface area contributed by atoms with Crippen LogP contribution in [-0.2, 0) is 13.1 Å². The van der Waals surface area contributed by atoms with Gasteiger partial charge in [0.05, 0.1) is 30.0 Å². The lowest BCUT2D eigenvalue weighted by atomic mass is 10.1. The molecule has 4 aromatic carbocycles. The Balaban J connectivity index is 0.00000500. The van der Waals surface area contributed by atoms with E-state index < -0.39 is 6.61 Å². The van der Waals surface area contributed by atoms with Crippen molar-refractivity contribution in [3.05, 3.63) is 111 Å². The Kier molecular flexibility index (Phi) is 12.8. The van der Waals surface area contributed by atoms with Crippen molar-refractivity contribution >= 4 is 49.7 Å². The van der Waals surface area contributed by atoms with Crippen LogP contribution in [0.4, 0.5) is 8.78 Å². The van der Waals surface area contributed by atoms with Gasteiger partial charge in [0.25, 0.3) is 5.91 Å². The number of carbonyl (C=O) groups excluding carboxylic acids is 1. The average molecular weight is 744 g/mol. The van der Waals surface area contributed by atoms with Crippen LogP contribution in [0.25, 0.3) is 20.9 Å². The van der Waals surface area contributed by atoms with E-state index in [2.05, 4.69) is 76.2 Å². The number of amides is 1. The topological polar surface area (TPSA) is 29.5 Å². The predicted molar refractivity (Wildman–Crippen MR) is 187 cm³/mol. The van der Waals surface area contributed by atoms with E-state index in [-0.39, 0.29) is 33.7 Å². The Morgan fingerprint density at radius 1 is 0.894 bits per heavy atom. The minimum Gasteiger partial charge on any atom is -1.00 e. The van der Waals surface area contributed by atoms with Crippen molar-refractivity contribution in [2.75, 3.05) is 26.2 Å². The van der Waals surface area contributed by atoms with E-state index >= 15 is 0 Å². The smallest absolute Gasteiger partial charge is 0.387 e. The molecule has 0 aliphatic heterocycles. The van der Waals surface area contributed by atoms with Crippen molar-refractivity contribution < 1.29 is 39.8 Å². The molecule has 9 heteroatoms. The second kappa shape index (κ2) is 16.4. The quantitative estimate of drug-likeness (QED) is 0.0877. The number of aryl methyl sites for hydroxylation is 2. The SMILES string of the molecule is CC[N+](CC)(CCCCN(Cc1ccc2ccccc2c1)C(=O)c1sc2cccc(OC(F)F)c2c1Cl)Cc1cc(C)cc(C)c1.[Br-]. The van der Waals surface area contributed by atoms with Crippen LogP contribution >= 0.6 is 22.9 Å². The second-order valence-electron chi connectivity index (χ2n) is 12.2. The third kappa shape index (κ3) is 8.91. The van der Waals surface area contributed by atoms with Crippen LogP contribution in [0.2, 0.25) is 5.02 Å². The summed E-state index contributed by atoms with van der Waals surface area (Å²) in [7, 11) is 0. The molecule has 1 aromatic heterocycles. The van der Waals surface area contributed by atoms with Gasteiger partial charge < -0.3 is 31.1 Å². The predicted octanol–water partition coefficient (Wildman–Crippen LogP) is 7.41. The van der Waals surface area contributed by atoms with Crippen molar-refractivity contribution in [1.82, 2.24) is 4.90 Å².